The lowest BCUT2D eigenvalue weighted by molar-refractivity contribution is -0.115. The molecule has 0 fully saturated rings. The fraction of sp³-hybridized carbons (Fsp3) is 0.0625. The molecule has 23 heavy (non-hydrogen) atoms. The van der Waals surface area contributed by atoms with Crippen LogP contribution >= 0.6 is 27.3 Å². The van der Waals surface area contributed by atoms with Crippen LogP contribution < -0.4 is 10.2 Å². The molecule has 0 unspecified atom stereocenters. The Morgan fingerprint density at radius 2 is 2.00 bits per heavy atom. The summed E-state index contributed by atoms with van der Waals surface area (Å²) in [6.07, 6.45) is 0.192. The fourth-order valence-electron chi connectivity index (χ4n) is 2.53. The Kier molecular flexibility index (Phi) is 3.39. The summed E-state index contributed by atoms with van der Waals surface area (Å²) < 4.78 is 1.74. The minimum absolute atomic E-state index is 0.0899. The minimum atomic E-state index is -0.108. The largest absolute Gasteiger partial charge is 0.324 e. The highest BCUT2D eigenvalue weighted by atomic mass is 79.9. The monoisotopic (exact) mass is 387 g/mol. The molecule has 2 N–H and O–H groups in total. The summed E-state index contributed by atoms with van der Waals surface area (Å²) in [6.45, 7) is 0. The second-order valence-electron chi connectivity index (χ2n) is 5.17. The number of halogens is 1. The minimum Gasteiger partial charge on any atom is -0.324 e. The number of anilines is 1. The third kappa shape index (κ3) is 2.73. The van der Waals surface area contributed by atoms with Gasteiger partial charge in [0.25, 0.3) is 0 Å². The zero-order valence-electron chi connectivity index (χ0n) is 11.7. The zero-order chi connectivity index (χ0) is 16.0. The van der Waals surface area contributed by atoms with E-state index in [1.807, 2.05) is 36.4 Å². The molecule has 2 aromatic carbocycles. The summed E-state index contributed by atoms with van der Waals surface area (Å²) in [4.78, 5) is 30.9. The highest BCUT2D eigenvalue weighted by Gasteiger charge is 2.18. The van der Waals surface area contributed by atoms with E-state index in [0.29, 0.717) is 11.4 Å². The van der Waals surface area contributed by atoms with Gasteiger partial charge in [-0.1, -0.05) is 33.3 Å². The molecule has 0 saturated carbocycles. The quantitative estimate of drug-likeness (QED) is 0.665. The lowest BCUT2D eigenvalue weighted by Crippen LogP contribution is -2.14. The third-order valence-corrected chi connectivity index (χ3v) is 4.91. The number of hydrogen-bond donors (Lipinski definition) is 2. The predicted molar refractivity (Wildman–Crippen MR) is 96.0 cm³/mol. The number of H-pyrrole nitrogens is 1. The molecule has 0 radical (unpaired) electrons. The molecule has 2 heterocycles. The van der Waals surface area contributed by atoms with E-state index in [1.54, 1.807) is 0 Å². The predicted octanol–water partition coefficient (Wildman–Crippen LogP) is 3.82. The Bertz CT molecular complexity index is 1040. The van der Waals surface area contributed by atoms with Crippen LogP contribution in [0.5, 0.6) is 0 Å². The topological polar surface area (TPSA) is 74.3 Å². The van der Waals surface area contributed by atoms with Crippen molar-refractivity contribution in [3.8, 4) is 0 Å². The lowest BCUT2D eigenvalue weighted by Gasteiger charge is -2.04. The number of benzene rings is 2. The van der Waals surface area contributed by atoms with Crippen LogP contribution in [0.25, 0.3) is 10.2 Å². The summed E-state index contributed by atoms with van der Waals surface area (Å²) in [5.74, 6) is -0.108. The number of aromatic amines is 1. The number of nitrogens with zero attached hydrogens (tertiary/aromatic N) is 1. The lowest BCUT2D eigenvalue weighted by atomic mass is 10.1. The average molecular weight is 388 g/mol. The Morgan fingerprint density at radius 1 is 1.13 bits per heavy atom. The van der Waals surface area contributed by atoms with Gasteiger partial charge in [0.1, 0.15) is 0 Å². The number of nitrogens with one attached hydrogen (secondary N) is 2. The van der Waals surface area contributed by atoms with Crippen molar-refractivity contribution in [2.24, 2.45) is 4.99 Å². The van der Waals surface area contributed by atoms with Crippen molar-refractivity contribution in [2.75, 3.05) is 5.32 Å². The number of carbonyl (C=O) groups is 1. The van der Waals surface area contributed by atoms with E-state index in [0.717, 1.165) is 37.3 Å². The van der Waals surface area contributed by atoms with Gasteiger partial charge in [-0.05, 0) is 35.9 Å². The van der Waals surface area contributed by atoms with E-state index >= 15 is 0 Å². The standard InChI is InChI=1S/C16H10BrN3O2S/c17-9-2-4-10-13(6-9)19-15(21)7-12(18-10)8-1-3-11-14(5-8)23-16(22)20-11/h1-6H,7H2,(H,19,21)(H,20,22). The normalized spacial score (nSPS) is 14.1. The van der Waals surface area contributed by atoms with E-state index in [4.69, 9.17) is 0 Å². The van der Waals surface area contributed by atoms with Crippen LogP contribution in [-0.4, -0.2) is 16.6 Å². The van der Waals surface area contributed by atoms with Gasteiger partial charge >= 0.3 is 4.87 Å². The van der Waals surface area contributed by atoms with Gasteiger partial charge in [-0.15, -0.1) is 0 Å². The van der Waals surface area contributed by atoms with Gasteiger partial charge in [0.05, 0.1) is 33.7 Å². The van der Waals surface area contributed by atoms with E-state index in [2.05, 4.69) is 31.2 Å². The van der Waals surface area contributed by atoms with Crippen molar-refractivity contribution in [1.29, 1.82) is 0 Å². The molecule has 0 aliphatic carbocycles. The number of aliphatic imine (C=N–C) groups is 1. The molecule has 1 aliphatic rings. The van der Waals surface area contributed by atoms with Crippen LogP contribution in [0.2, 0.25) is 0 Å². The molecular formula is C16H10BrN3O2S. The third-order valence-electron chi connectivity index (χ3n) is 3.57. The highest BCUT2D eigenvalue weighted by Crippen LogP contribution is 2.32. The fourth-order valence-corrected chi connectivity index (χ4v) is 3.67. The summed E-state index contributed by atoms with van der Waals surface area (Å²) in [5.41, 5.74) is 3.74. The summed E-state index contributed by atoms with van der Waals surface area (Å²) >= 11 is 4.54. The molecule has 114 valence electrons. The molecule has 0 spiro atoms. The molecule has 4 rings (SSSR count). The van der Waals surface area contributed by atoms with Crippen LogP contribution in [0.1, 0.15) is 12.0 Å². The van der Waals surface area contributed by atoms with Gasteiger partial charge in [0.15, 0.2) is 0 Å². The molecule has 1 aromatic heterocycles. The van der Waals surface area contributed by atoms with E-state index in [-0.39, 0.29) is 17.2 Å². The van der Waals surface area contributed by atoms with Gasteiger partial charge in [-0.25, -0.2) is 0 Å². The second-order valence-corrected chi connectivity index (χ2v) is 7.10. The molecule has 0 saturated heterocycles. The van der Waals surface area contributed by atoms with E-state index < -0.39 is 0 Å². The van der Waals surface area contributed by atoms with Crippen LogP contribution in [0.15, 0.2) is 50.7 Å². The van der Waals surface area contributed by atoms with Crippen LogP contribution in [-0.2, 0) is 4.79 Å². The van der Waals surface area contributed by atoms with E-state index in [1.165, 1.54) is 0 Å². The first-order chi connectivity index (χ1) is 11.1. The molecule has 1 aliphatic heterocycles. The van der Waals surface area contributed by atoms with Gasteiger partial charge in [-0.2, -0.15) is 0 Å². The Hall–Kier alpha value is -2.25. The number of carbonyl (C=O) groups excluding carboxylic acids is 1. The maximum absolute atomic E-state index is 12.1. The van der Waals surface area contributed by atoms with Gasteiger partial charge in [0.2, 0.25) is 5.91 Å². The number of thiazole rings is 1. The molecule has 5 nitrogen and oxygen atoms in total. The first-order valence-electron chi connectivity index (χ1n) is 6.89. The van der Waals surface area contributed by atoms with E-state index in [9.17, 15) is 9.59 Å². The second kappa shape index (κ2) is 5.43. The van der Waals surface area contributed by atoms with Crippen molar-refractivity contribution in [3.05, 3.63) is 56.1 Å². The summed E-state index contributed by atoms with van der Waals surface area (Å²) in [6, 6.07) is 11.2. The van der Waals surface area contributed by atoms with Crippen molar-refractivity contribution in [2.45, 2.75) is 6.42 Å². The molecular weight excluding hydrogens is 378 g/mol. The SMILES string of the molecule is O=C1CC(c2ccc3[nH]c(=O)sc3c2)=Nc2ccc(Br)cc2N1. The highest BCUT2D eigenvalue weighted by molar-refractivity contribution is 9.10. The maximum atomic E-state index is 12.1. The molecule has 0 bridgehead atoms. The van der Waals surface area contributed by atoms with Gasteiger partial charge < -0.3 is 10.3 Å². The van der Waals surface area contributed by atoms with Crippen molar-refractivity contribution >= 4 is 60.5 Å². The number of aromatic nitrogens is 1. The molecule has 7 heteroatoms. The number of rotatable bonds is 1. The smallest absolute Gasteiger partial charge is 0.305 e. The summed E-state index contributed by atoms with van der Waals surface area (Å²) in [7, 11) is 0. The number of fused-ring (bicyclic) bond motifs is 2. The van der Waals surface area contributed by atoms with Gasteiger partial charge in [-0.3, -0.25) is 14.6 Å². The van der Waals surface area contributed by atoms with Crippen LogP contribution in [0.3, 0.4) is 0 Å². The number of amides is 1. The van der Waals surface area contributed by atoms with Crippen LogP contribution in [0, 0.1) is 0 Å². The number of hydrogen-bond acceptors (Lipinski definition) is 4. The Morgan fingerprint density at radius 3 is 2.87 bits per heavy atom. The van der Waals surface area contributed by atoms with Crippen molar-refractivity contribution < 1.29 is 4.79 Å². The molecule has 3 aromatic rings. The molecule has 0 atom stereocenters. The average Bonchev–Trinajstić information content (AvgIpc) is 2.79. The van der Waals surface area contributed by atoms with Crippen molar-refractivity contribution in [3.63, 3.8) is 0 Å². The summed E-state index contributed by atoms with van der Waals surface area (Å²) in [5, 5.41) is 2.87. The molecule has 1 amide bonds. The first kappa shape index (κ1) is 14.3. The van der Waals surface area contributed by atoms with Crippen LogP contribution in [0.4, 0.5) is 11.4 Å². The zero-order valence-corrected chi connectivity index (χ0v) is 14.1. The van der Waals surface area contributed by atoms with Crippen molar-refractivity contribution in [1.82, 2.24) is 4.98 Å². The Balaban J connectivity index is 1.86. The van der Waals surface area contributed by atoms with Gasteiger partial charge in [0, 0.05) is 4.47 Å². The Labute approximate surface area is 143 Å². The maximum Gasteiger partial charge on any atom is 0.305 e. The first-order valence-corrected chi connectivity index (χ1v) is 8.50.